The van der Waals surface area contributed by atoms with Crippen LogP contribution in [0.4, 0.5) is 0 Å². The average Bonchev–Trinajstić information content (AvgIpc) is 3.43. The molecular weight excluding hydrogens is 949 g/mol. The van der Waals surface area contributed by atoms with Crippen molar-refractivity contribution < 1.29 is 28.6 Å². The number of hydrogen-bond acceptors (Lipinski definition) is 6. The third-order valence-corrected chi connectivity index (χ3v) is 14.1. The van der Waals surface area contributed by atoms with E-state index in [9.17, 15) is 14.4 Å². The van der Waals surface area contributed by atoms with Gasteiger partial charge in [-0.2, -0.15) is 0 Å². The molecule has 0 fully saturated rings. The summed E-state index contributed by atoms with van der Waals surface area (Å²) >= 11 is 0. The van der Waals surface area contributed by atoms with Crippen molar-refractivity contribution in [2.75, 3.05) is 13.2 Å². The smallest absolute Gasteiger partial charge is 0.306 e. The van der Waals surface area contributed by atoms with Crippen LogP contribution in [0.3, 0.4) is 0 Å². The molecule has 442 valence electrons. The molecule has 6 nitrogen and oxygen atoms in total. The molecule has 0 saturated heterocycles. The largest absolute Gasteiger partial charge is 0.462 e. The van der Waals surface area contributed by atoms with E-state index in [1.165, 1.54) is 167 Å². The first kappa shape index (κ1) is 73.3. The molecule has 1 unspecified atom stereocenters. The Morgan fingerprint density at radius 3 is 0.792 bits per heavy atom. The summed E-state index contributed by atoms with van der Waals surface area (Å²) < 4.78 is 16.8. The third kappa shape index (κ3) is 63.0. The van der Waals surface area contributed by atoms with Gasteiger partial charge in [0.15, 0.2) is 6.10 Å². The zero-order valence-corrected chi connectivity index (χ0v) is 50.7. The summed E-state index contributed by atoms with van der Waals surface area (Å²) in [5.41, 5.74) is 0. The molecule has 0 bridgehead atoms. The minimum atomic E-state index is -0.773. The molecule has 77 heavy (non-hydrogen) atoms. The van der Waals surface area contributed by atoms with Crippen molar-refractivity contribution in [3.8, 4) is 0 Å². The van der Waals surface area contributed by atoms with Crippen molar-refractivity contribution in [3.05, 3.63) is 97.2 Å². The Morgan fingerprint density at radius 1 is 0.273 bits per heavy atom. The molecule has 0 aliphatic rings. The van der Waals surface area contributed by atoms with Crippen LogP contribution in [0.2, 0.25) is 0 Å². The number of unbranched alkanes of at least 4 members (excludes halogenated alkanes) is 32. The van der Waals surface area contributed by atoms with E-state index in [0.717, 1.165) is 109 Å². The van der Waals surface area contributed by atoms with Gasteiger partial charge in [-0.3, -0.25) is 14.4 Å². The van der Waals surface area contributed by atoms with Crippen LogP contribution in [-0.2, 0) is 28.6 Å². The lowest BCUT2D eigenvalue weighted by Gasteiger charge is -2.18. The average molecular weight is 1070 g/mol. The van der Waals surface area contributed by atoms with Crippen molar-refractivity contribution in [1.29, 1.82) is 0 Å². The van der Waals surface area contributed by atoms with Gasteiger partial charge in [0.05, 0.1) is 0 Å². The second-order valence-electron chi connectivity index (χ2n) is 21.7. The number of hydrogen-bond donors (Lipinski definition) is 0. The fourth-order valence-corrected chi connectivity index (χ4v) is 9.23. The second kappa shape index (κ2) is 64.9. The third-order valence-electron chi connectivity index (χ3n) is 14.1. The molecule has 6 heteroatoms. The first-order chi connectivity index (χ1) is 38.0. The lowest BCUT2D eigenvalue weighted by atomic mass is 10.0. The highest BCUT2D eigenvalue weighted by molar-refractivity contribution is 5.71. The fraction of sp³-hybridized carbons (Fsp3) is 0.732. The van der Waals surface area contributed by atoms with Gasteiger partial charge < -0.3 is 14.2 Å². The van der Waals surface area contributed by atoms with Crippen LogP contribution in [0, 0.1) is 0 Å². The summed E-state index contributed by atoms with van der Waals surface area (Å²) in [6.45, 7) is 6.51. The summed E-state index contributed by atoms with van der Waals surface area (Å²) in [5, 5.41) is 0. The van der Waals surface area contributed by atoms with E-state index in [1.807, 2.05) is 0 Å². The summed E-state index contributed by atoms with van der Waals surface area (Å²) in [6, 6.07) is 0. The predicted octanol–water partition coefficient (Wildman–Crippen LogP) is 22.4. The van der Waals surface area contributed by atoms with Gasteiger partial charge >= 0.3 is 17.9 Å². The van der Waals surface area contributed by atoms with Gasteiger partial charge in [0, 0.05) is 19.3 Å². The quantitative estimate of drug-likeness (QED) is 0.0261. The molecule has 0 amide bonds. The van der Waals surface area contributed by atoms with Crippen molar-refractivity contribution in [3.63, 3.8) is 0 Å². The van der Waals surface area contributed by atoms with Gasteiger partial charge in [-0.15, -0.1) is 0 Å². The Kier molecular flexibility index (Phi) is 61.8. The SMILES string of the molecule is CC/C=C\C/C=C\C/C=C\C/C=C\C/C=C\C/C=C\C/C=C\C/C=C\CCCCCCCCCCCCC(=O)OCC(COC(=O)CCCCCCCCC)OC(=O)CCCCCCCCCCCCCCCCCCC. The van der Waals surface area contributed by atoms with Crippen molar-refractivity contribution in [1.82, 2.24) is 0 Å². The highest BCUT2D eigenvalue weighted by atomic mass is 16.6. The van der Waals surface area contributed by atoms with Gasteiger partial charge in [0.1, 0.15) is 13.2 Å². The lowest BCUT2D eigenvalue weighted by molar-refractivity contribution is -0.167. The zero-order valence-electron chi connectivity index (χ0n) is 50.7. The van der Waals surface area contributed by atoms with Gasteiger partial charge in [-0.05, 0) is 83.5 Å². The van der Waals surface area contributed by atoms with Crippen LogP contribution < -0.4 is 0 Å². The predicted molar refractivity (Wildman–Crippen MR) is 334 cm³/mol. The molecule has 0 radical (unpaired) electrons. The van der Waals surface area contributed by atoms with Gasteiger partial charge in [-0.1, -0.05) is 311 Å². The van der Waals surface area contributed by atoms with Crippen LogP contribution in [0.1, 0.15) is 316 Å². The van der Waals surface area contributed by atoms with Crippen LogP contribution in [0.5, 0.6) is 0 Å². The maximum atomic E-state index is 12.8. The lowest BCUT2D eigenvalue weighted by Crippen LogP contribution is -2.30. The Bertz CT molecular complexity index is 1510. The molecule has 0 aromatic rings. The first-order valence-electron chi connectivity index (χ1n) is 32.7. The maximum Gasteiger partial charge on any atom is 0.306 e. The zero-order chi connectivity index (χ0) is 55.7. The Morgan fingerprint density at radius 2 is 0.506 bits per heavy atom. The summed E-state index contributed by atoms with van der Waals surface area (Å²) in [5.74, 6) is -0.873. The Balaban J connectivity index is 4.08. The van der Waals surface area contributed by atoms with Crippen LogP contribution in [-0.4, -0.2) is 37.2 Å². The number of esters is 3. The molecule has 0 spiro atoms. The van der Waals surface area contributed by atoms with Crippen LogP contribution in [0.25, 0.3) is 0 Å². The van der Waals surface area contributed by atoms with E-state index in [-0.39, 0.29) is 31.1 Å². The van der Waals surface area contributed by atoms with E-state index in [4.69, 9.17) is 14.2 Å². The first-order valence-corrected chi connectivity index (χ1v) is 32.7. The molecule has 0 rings (SSSR count). The van der Waals surface area contributed by atoms with Crippen molar-refractivity contribution >= 4 is 17.9 Å². The highest BCUT2D eigenvalue weighted by Crippen LogP contribution is 2.17. The van der Waals surface area contributed by atoms with E-state index < -0.39 is 6.10 Å². The Labute approximate surface area is 477 Å². The van der Waals surface area contributed by atoms with Crippen molar-refractivity contribution in [2.24, 2.45) is 0 Å². The fourth-order valence-electron chi connectivity index (χ4n) is 9.23. The Hall–Kier alpha value is -3.67. The maximum absolute atomic E-state index is 12.8. The summed E-state index contributed by atoms with van der Waals surface area (Å²) in [4.78, 5) is 38.1. The monoisotopic (exact) mass is 1070 g/mol. The molecule has 1 atom stereocenters. The number of carbonyl (C=O) groups is 3. The van der Waals surface area contributed by atoms with E-state index in [1.54, 1.807) is 0 Å². The van der Waals surface area contributed by atoms with Gasteiger partial charge in [0.25, 0.3) is 0 Å². The topological polar surface area (TPSA) is 78.9 Å². The molecule has 0 aliphatic heterocycles. The van der Waals surface area contributed by atoms with Gasteiger partial charge in [0.2, 0.25) is 0 Å². The number of rotatable bonds is 59. The van der Waals surface area contributed by atoms with Crippen molar-refractivity contribution in [2.45, 2.75) is 322 Å². The van der Waals surface area contributed by atoms with Crippen LogP contribution in [0.15, 0.2) is 97.2 Å². The minimum Gasteiger partial charge on any atom is -0.462 e. The molecule has 0 aromatic carbocycles. The van der Waals surface area contributed by atoms with Crippen LogP contribution >= 0.6 is 0 Å². The molecule has 0 saturated carbocycles. The number of carbonyl (C=O) groups excluding carboxylic acids is 3. The van der Waals surface area contributed by atoms with E-state index in [2.05, 4.69) is 118 Å². The summed E-state index contributed by atoms with van der Waals surface area (Å²) in [6.07, 6.45) is 87.3. The minimum absolute atomic E-state index is 0.0738. The normalized spacial score (nSPS) is 12.7. The molecular formula is C71H122O6. The number of allylic oxidation sites excluding steroid dienone is 16. The standard InChI is InChI=1S/C71H122O6/c1-4-7-10-13-16-18-20-22-24-26-27-28-29-30-31-32-33-34-35-36-37-38-39-40-41-42-43-45-46-48-50-52-55-58-61-64-70(73)76-67-68(66-75-69(72)63-60-57-54-15-12-9-6-3)77-71(74)65-62-59-56-53-51-49-47-44-25-23-21-19-17-14-11-8-5-2/h7,10,16,18,22,24,27-28,30-31,33-34,36-37,39-40,68H,4-6,8-9,11-15,17,19-21,23,25-26,29,32,35,38,41-67H2,1-3H3/b10-7-,18-16-,24-22-,28-27-,31-30-,34-33-,37-36-,40-39-. The van der Waals surface area contributed by atoms with E-state index in [0.29, 0.717) is 19.3 Å². The summed E-state index contributed by atoms with van der Waals surface area (Å²) in [7, 11) is 0. The number of ether oxygens (including phenoxy) is 3. The highest BCUT2D eigenvalue weighted by Gasteiger charge is 2.19. The molecule has 0 aliphatic carbocycles. The van der Waals surface area contributed by atoms with E-state index >= 15 is 0 Å². The molecule has 0 heterocycles. The molecule has 0 aromatic heterocycles. The van der Waals surface area contributed by atoms with Gasteiger partial charge in [-0.25, -0.2) is 0 Å². The molecule has 0 N–H and O–H groups in total. The second-order valence-corrected chi connectivity index (χ2v) is 21.7.